The first-order valence-corrected chi connectivity index (χ1v) is 4.80. The summed E-state index contributed by atoms with van der Waals surface area (Å²) in [5.74, 6) is 1.06. The van der Waals surface area contributed by atoms with E-state index in [-0.39, 0.29) is 11.1 Å². The van der Waals surface area contributed by atoms with Crippen LogP contribution in [0.1, 0.15) is 0 Å². The van der Waals surface area contributed by atoms with E-state index in [2.05, 4.69) is 20.3 Å². The van der Waals surface area contributed by atoms with Gasteiger partial charge in [0, 0.05) is 6.07 Å². The topological polar surface area (TPSA) is 103 Å². The Bertz CT molecular complexity index is 478. The fourth-order valence-electron chi connectivity index (χ4n) is 1.13. The highest BCUT2D eigenvalue weighted by Gasteiger charge is 2.01. The Morgan fingerprint density at radius 2 is 2.00 bits per heavy atom. The predicted octanol–water partition coefficient (Wildman–Crippen LogP) is 1.43. The third kappa shape index (κ3) is 2.48. The molecule has 0 atom stereocenters. The summed E-state index contributed by atoms with van der Waals surface area (Å²) in [7, 11) is 0. The molecule has 0 unspecified atom stereocenters. The van der Waals surface area contributed by atoms with Crippen molar-refractivity contribution >= 4 is 34.9 Å². The quantitative estimate of drug-likeness (QED) is 0.682. The van der Waals surface area contributed by atoms with Gasteiger partial charge in [-0.25, -0.2) is 9.97 Å². The summed E-state index contributed by atoms with van der Waals surface area (Å²) >= 11 is 5.73. The Hall–Kier alpha value is -2.08. The molecule has 16 heavy (non-hydrogen) atoms. The molecule has 2 aromatic heterocycles. The molecule has 0 fully saturated rings. The second kappa shape index (κ2) is 4.19. The number of anilines is 4. The summed E-state index contributed by atoms with van der Waals surface area (Å²) in [5.41, 5.74) is 11.7. The van der Waals surface area contributed by atoms with E-state index in [4.69, 9.17) is 23.1 Å². The van der Waals surface area contributed by atoms with E-state index >= 15 is 0 Å². The Morgan fingerprint density at radius 1 is 1.19 bits per heavy atom. The van der Waals surface area contributed by atoms with Gasteiger partial charge < -0.3 is 16.8 Å². The van der Waals surface area contributed by atoms with E-state index in [9.17, 15) is 0 Å². The van der Waals surface area contributed by atoms with E-state index in [1.54, 1.807) is 24.4 Å². The molecule has 82 valence electrons. The standard InChI is InChI=1S/C9H9ClN6/c10-6-3-8(16-9(12)15-6)14-5-1-2-7(11)13-4-5/h1-4H,(H2,11,13)(H3,12,14,15,16). The minimum atomic E-state index is 0.110. The molecule has 2 rings (SSSR count). The largest absolute Gasteiger partial charge is 0.384 e. The first-order valence-electron chi connectivity index (χ1n) is 4.42. The van der Waals surface area contributed by atoms with Gasteiger partial charge in [-0.2, -0.15) is 4.98 Å². The lowest BCUT2D eigenvalue weighted by molar-refractivity contribution is 1.18. The molecule has 0 aliphatic carbocycles. The molecular formula is C9H9ClN6. The molecule has 0 radical (unpaired) electrons. The highest BCUT2D eigenvalue weighted by Crippen LogP contribution is 2.17. The average molecular weight is 237 g/mol. The zero-order valence-corrected chi connectivity index (χ0v) is 8.94. The monoisotopic (exact) mass is 236 g/mol. The highest BCUT2D eigenvalue weighted by atomic mass is 35.5. The highest BCUT2D eigenvalue weighted by molar-refractivity contribution is 6.29. The number of nitrogens with one attached hydrogen (secondary N) is 1. The summed E-state index contributed by atoms with van der Waals surface area (Å²) in [5, 5.41) is 3.26. The molecule has 7 heteroatoms. The lowest BCUT2D eigenvalue weighted by Crippen LogP contribution is -2.00. The number of halogens is 1. The molecule has 0 bridgehead atoms. The third-order valence-electron chi connectivity index (χ3n) is 1.77. The van der Waals surface area contributed by atoms with Gasteiger partial charge in [-0.05, 0) is 12.1 Å². The number of aromatic nitrogens is 3. The Kier molecular flexibility index (Phi) is 2.74. The van der Waals surface area contributed by atoms with Crippen molar-refractivity contribution in [3.05, 3.63) is 29.5 Å². The summed E-state index contributed by atoms with van der Waals surface area (Å²) in [6, 6.07) is 5.01. The van der Waals surface area contributed by atoms with E-state index in [0.29, 0.717) is 11.6 Å². The van der Waals surface area contributed by atoms with Crippen LogP contribution in [0.4, 0.5) is 23.3 Å². The van der Waals surface area contributed by atoms with Crippen molar-refractivity contribution in [2.24, 2.45) is 0 Å². The van der Waals surface area contributed by atoms with Crippen LogP contribution in [-0.2, 0) is 0 Å². The van der Waals surface area contributed by atoms with Gasteiger partial charge >= 0.3 is 0 Å². The van der Waals surface area contributed by atoms with E-state index in [1.165, 1.54) is 0 Å². The molecule has 0 aliphatic rings. The average Bonchev–Trinajstić information content (AvgIpc) is 2.20. The van der Waals surface area contributed by atoms with E-state index in [0.717, 1.165) is 5.69 Å². The van der Waals surface area contributed by atoms with Crippen LogP contribution in [0, 0.1) is 0 Å². The van der Waals surface area contributed by atoms with E-state index in [1.807, 2.05) is 0 Å². The third-order valence-corrected chi connectivity index (χ3v) is 1.96. The number of hydrogen-bond acceptors (Lipinski definition) is 6. The first-order chi connectivity index (χ1) is 7.63. The number of nitrogens with zero attached hydrogens (tertiary/aromatic N) is 3. The molecule has 5 N–H and O–H groups in total. The molecule has 0 saturated carbocycles. The van der Waals surface area contributed by atoms with Crippen LogP contribution >= 0.6 is 11.6 Å². The van der Waals surface area contributed by atoms with Crippen molar-refractivity contribution in [1.82, 2.24) is 15.0 Å². The molecule has 0 aromatic carbocycles. The van der Waals surface area contributed by atoms with Gasteiger partial charge in [0.25, 0.3) is 0 Å². The van der Waals surface area contributed by atoms with Crippen molar-refractivity contribution in [1.29, 1.82) is 0 Å². The van der Waals surface area contributed by atoms with Gasteiger partial charge in [0.15, 0.2) is 0 Å². The van der Waals surface area contributed by atoms with Crippen LogP contribution in [0.2, 0.25) is 5.15 Å². The Labute approximate surface area is 96.7 Å². The molecular weight excluding hydrogens is 228 g/mol. The lowest BCUT2D eigenvalue weighted by atomic mass is 10.4. The smallest absolute Gasteiger partial charge is 0.223 e. The van der Waals surface area contributed by atoms with Crippen molar-refractivity contribution < 1.29 is 0 Å². The van der Waals surface area contributed by atoms with Crippen molar-refractivity contribution in [2.45, 2.75) is 0 Å². The van der Waals surface area contributed by atoms with E-state index < -0.39 is 0 Å². The Balaban J connectivity index is 2.23. The molecule has 0 amide bonds. The van der Waals surface area contributed by atoms with Gasteiger partial charge in [0.1, 0.15) is 16.8 Å². The second-order valence-corrected chi connectivity index (χ2v) is 3.42. The van der Waals surface area contributed by atoms with Crippen LogP contribution < -0.4 is 16.8 Å². The van der Waals surface area contributed by atoms with Gasteiger partial charge in [0.05, 0.1) is 11.9 Å². The summed E-state index contributed by atoms with van der Waals surface area (Å²) in [4.78, 5) is 11.6. The van der Waals surface area contributed by atoms with Crippen LogP contribution in [0.3, 0.4) is 0 Å². The van der Waals surface area contributed by atoms with Crippen molar-refractivity contribution in [3.63, 3.8) is 0 Å². The normalized spacial score (nSPS) is 10.1. The molecule has 0 aliphatic heterocycles. The van der Waals surface area contributed by atoms with Crippen LogP contribution in [0.15, 0.2) is 24.4 Å². The maximum atomic E-state index is 5.73. The number of hydrogen-bond donors (Lipinski definition) is 3. The second-order valence-electron chi connectivity index (χ2n) is 3.03. The number of pyridine rings is 1. The zero-order valence-electron chi connectivity index (χ0n) is 8.18. The van der Waals surface area contributed by atoms with Crippen molar-refractivity contribution in [3.8, 4) is 0 Å². The molecule has 2 heterocycles. The summed E-state index contributed by atoms with van der Waals surface area (Å²) < 4.78 is 0. The minimum Gasteiger partial charge on any atom is -0.384 e. The maximum absolute atomic E-state index is 5.73. The fourth-order valence-corrected chi connectivity index (χ4v) is 1.32. The van der Waals surface area contributed by atoms with Crippen LogP contribution in [0.25, 0.3) is 0 Å². The van der Waals surface area contributed by atoms with Gasteiger partial charge in [0.2, 0.25) is 5.95 Å². The molecule has 0 spiro atoms. The number of rotatable bonds is 2. The van der Waals surface area contributed by atoms with Gasteiger partial charge in [-0.15, -0.1) is 0 Å². The SMILES string of the molecule is Nc1ccc(Nc2cc(Cl)nc(N)n2)cn1. The number of nitrogens with two attached hydrogens (primary N) is 2. The maximum Gasteiger partial charge on any atom is 0.223 e. The van der Waals surface area contributed by atoms with Gasteiger partial charge in [-0.1, -0.05) is 11.6 Å². The molecule has 0 saturated heterocycles. The Morgan fingerprint density at radius 3 is 2.62 bits per heavy atom. The van der Waals surface area contributed by atoms with Gasteiger partial charge in [-0.3, -0.25) is 0 Å². The fraction of sp³-hybridized carbons (Fsp3) is 0. The van der Waals surface area contributed by atoms with Crippen LogP contribution in [-0.4, -0.2) is 15.0 Å². The predicted molar refractivity (Wildman–Crippen MR) is 63.4 cm³/mol. The minimum absolute atomic E-state index is 0.110. The first kappa shape index (κ1) is 10.4. The van der Waals surface area contributed by atoms with Crippen molar-refractivity contribution in [2.75, 3.05) is 16.8 Å². The van der Waals surface area contributed by atoms with Crippen LogP contribution in [0.5, 0.6) is 0 Å². The summed E-state index contributed by atoms with van der Waals surface area (Å²) in [6.45, 7) is 0. The number of nitrogen functional groups attached to an aromatic ring is 2. The zero-order chi connectivity index (χ0) is 11.5. The molecule has 2 aromatic rings. The molecule has 6 nitrogen and oxygen atoms in total. The lowest BCUT2D eigenvalue weighted by Gasteiger charge is -2.05. The summed E-state index contributed by atoms with van der Waals surface area (Å²) in [6.07, 6.45) is 1.58.